The molecule has 0 bridgehead atoms. The molecular weight excluding hydrogens is 340 g/mol. The molecule has 1 atom stereocenters. The molecule has 4 amide bonds. The van der Waals surface area contributed by atoms with Crippen LogP contribution >= 0.6 is 11.8 Å². The number of urea groups is 1. The first-order valence-corrected chi connectivity index (χ1v) is 9.74. The summed E-state index contributed by atoms with van der Waals surface area (Å²) in [5, 5.41) is 8.48. The number of nitrogens with one attached hydrogen (secondary N) is 3. The van der Waals surface area contributed by atoms with E-state index in [2.05, 4.69) is 16.0 Å². The molecule has 1 saturated carbocycles. The van der Waals surface area contributed by atoms with E-state index < -0.39 is 12.1 Å². The van der Waals surface area contributed by atoms with Crippen molar-refractivity contribution in [3.8, 4) is 0 Å². The topological polar surface area (TPSA) is 90.5 Å². The predicted molar refractivity (Wildman–Crippen MR) is 98.9 cm³/mol. The first-order chi connectivity index (χ1) is 12.1. The van der Waals surface area contributed by atoms with E-state index in [-0.39, 0.29) is 24.4 Å². The summed E-state index contributed by atoms with van der Waals surface area (Å²) >= 11 is 1.62. The molecule has 8 heteroatoms. The average molecular weight is 362 g/mol. The number of hydrogen-bond donors (Lipinski definition) is 3. The Balaban J connectivity index is 1.71. The number of nitrogens with zero attached hydrogens (tertiary/aromatic N) is 1. The fourth-order valence-electron chi connectivity index (χ4n) is 2.68. The molecule has 1 heterocycles. The molecule has 0 radical (unpaired) electrons. The second-order valence-corrected chi connectivity index (χ2v) is 7.20. The maximum absolute atomic E-state index is 12.7. The highest BCUT2D eigenvalue weighted by Gasteiger charge is 2.31. The molecule has 1 unspecified atom stereocenters. The van der Waals surface area contributed by atoms with Crippen LogP contribution in [0.15, 0.2) is 24.3 Å². The Morgan fingerprint density at radius 1 is 1.36 bits per heavy atom. The normalized spacial score (nSPS) is 17.3. The summed E-state index contributed by atoms with van der Waals surface area (Å²) in [6.07, 6.45) is 4.50. The standard InChI is InChI=1S/C17H22N4O3S/c1-25-9-8-13(16(23)18-11-6-7-11)20-17(24)21-10-15(22)19-12-4-2-3-5-14(12)21/h2-5,11,13H,6-10H2,1H3,(H,18,23)(H,19,22)(H,20,24). The number of rotatable bonds is 6. The molecule has 25 heavy (non-hydrogen) atoms. The maximum atomic E-state index is 12.7. The van der Waals surface area contributed by atoms with Gasteiger partial charge in [0.05, 0.1) is 11.4 Å². The summed E-state index contributed by atoms with van der Waals surface area (Å²) in [6.45, 7) is -0.0671. The van der Waals surface area contributed by atoms with E-state index in [1.165, 1.54) is 4.90 Å². The van der Waals surface area contributed by atoms with Crippen LogP contribution in [-0.2, 0) is 9.59 Å². The largest absolute Gasteiger partial charge is 0.352 e. The van der Waals surface area contributed by atoms with Gasteiger partial charge in [-0.05, 0) is 43.4 Å². The summed E-state index contributed by atoms with van der Waals surface area (Å²) < 4.78 is 0. The summed E-state index contributed by atoms with van der Waals surface area (Å²) in [5.74, 6) is 0.358. The minimum atomic E-state index is -0.599. The number of thioether (sulfide) groups is 1. The van der Waals surface area contributed by atoms with Gasteiger partial charge >= 0.3 is 6.03 Å². The molecule has 7 nitrogen and oxygen atoms in total. The molecule has 1 aromatic rings. The van der Waals surface area contributed by atoms with Crippen molar-refractivity contribution in [2.24, 2.45) is 0 Å². The summed E-state index contributed by atoms with van der Waals surface area (Å²) in [4.78, 5) is 38.4. The minimum Gasteiger partial charge on any atom is -0.352 e. The molecule has 1 aromatic carbocycles. The first kappa shape index (κ1) is 17.6. The van der Waals surface area contributed by atoms with Crippen molar-refractivity contribution in [1.82, 2.24) is 10.6 Å². The Morgan fingerprint density at radius 2 is 2.12 bits per heavy atom. The van der Waals surface area contributed by atoms with Gasteiger partial charge in [-0.2, -0.15) is 11.8 Å². The quantitative estimate of drug-likeness (QED) is 0.716. The molecule has 1 aliphatic carbocycles. The van der Waals surface area contributed by atoms with Gasteiger partial charge in [-0.15, -0.1) is 0 Å². The van der Waals surface area contributed by atoms with Gasteiger partial charge in [0.25, 0.3) is 0 Å². The Morgan fingerprint density at radius 3 is 2.84 bits per heavy atom. The average Bonchev–Trinajstić information content (AvgIpc) is 3.41. The van der Waals surface area contributed by atoms with E-state index >= 15 is 0 Å². The van der Waals surface area contributed by atoms with E-state index in [4.69, 9.17) is 0 Å². The highest BCUT2D eigenvalue weighted by molar-refractivity contribution is 7.98. The number of para-hydroxylation sites is 2. The van der Waals surface area contributed by atoms with Gasteiger partial charge in [0.1, 0.15) is 12.6 Å². The molecule has 1 fully saturated rings. The van der Waals surface area contributed by atoms with Gasteiger partial charge in [0.15, 0.2) is 0 Å². The number of amides is 4. The molecule has 3 rings (SSSR count). The number of carbonyl (C=O) groups excluding carboxylic acids is 3. The van der Waals surface area contributed by atoms with E-state index in [9.17, 15) is 14.4 Å². The van der Waals surface area contributed by atoms with Crippen molar-refractivity contribution in [2.45, 2.75) is 31.3 Å². The lowest BCUT2D eigenvalue weighted by atomic mass is 10.2. The minimum absolute atomic E-state index is 0.0671. The van der Waals surface area contributed by atoms with Crippen molar-refractivity contribution in [3.63, 3.8) is 0 Å². The zero-order valence-corrected chi connectivity index (χ0v) is 14.9. The molecule has 0 aromatic heterocycles. The van der Waals surface area contributed by atoms with Crippen LogP contribution in [-0.4, -0.2) is 48.5 Å². The van der Waals surface area contributed by atoms with Crippen LogP contribution in [0.4, 0.5) is 16.2 Å². The van der Waals surface area contributed by atoms with Crippen molar-refractivity contribution in [3.05, 3.63) is 24.3 Å². The van der Waals surface area contributed by atoms with Crippen molar-refractivity contribution >= 4 is 41.0 Å². The van der Waals surface area contributed by atoms with Gasteiger partial charge in [0.2, 0.25) is 11.8 Å². The number of fused-ring (bicyclic) bond motifs is 1. The van der Waals surface area contributed by atoms with Crippen LogP contribution < -0.4 is 20.9 Å². The summed E-state index contributed by atoms with van der Waals surface area (Å²) in [7, 11) is 0. The lowest BCUT2D eigenvalue weighted by Gasteiger charge is -2.30. The van der Waals surface area contributed by atoms with Crippen LogP contribution in [0, 0.1) is 0 Å². The lowest BCUT2D eigenvalue weighted by Crippen LogP contribution is -2.54. The Labute approximate surface area is 150 Å². The number of anilines is 2. The SMILES string of the molecule is CSCCC(NC(=O)N1CC(=O)Nc2ccccc21)C(=O)NC1CC1. The van der Waals surface area contributed by atoms with Gasteiger partial charge < -0.3 is 16.0 Å². The van der Waals surface area contributed by atoms with E-state index in [1.54, 1.807) is 30.0 Å². The van der Waals surface area contributed by atoms with Crippen LogP contribution in [0.1, 0.15) is 19.3 Å². The molecule has 134 valence electrons. The highest BCUT2D eigenvalue weighted by Crippen LogP contribution is 2.28. The third-order valence-corrected chi connectivity index (χ3v) is 4.81. The highest BCUT2D eigenvalue weighted by atomic mass is 32.2. The Kier molecular flexibility index (Phi) is 5.47. The maximum Gasteiger partial charge on any atom is 0.323 e. The number of hydrogen-bond acceptors (Lipinski definition) is 4. The number of benzene rings is 1. The van der Waals surface area contributed by atoms with Gasteiger partial charge in [-0.25, -0.2) is 4.79 Å². The third kappa shape index (κ3) is 4.45. The lowest BCUT2D eigenvalue weighted by molar-refractivity contribution is -0.123. The zero-order chi connectivity index (χ0) is 17.8. The van der Waals surface area contributed by atoms with Crippen molar-refractivity contribution < 1.29 is 14.4 Å². The van der Waals surface area contributed by atoms with Crippen molar-refractivity contribution in [1.29, 1.82) is 0 Å². The third-order valence-electron chi connectivity index (χ3n) is 4.16. The zero-order valence-electron chi connectivity index (χ0n) is 14.1. The number of carbonyl (C=O) groups is 3. The molecule has 3 N–H and O–H groups in total. The second-order valence-electron chi connectivity index (χ2n) is 6.22. The molecule has 0 saturated heterocycles. The van der Waals surface area contributed by atoms with Crippen LogP contribution in [0.25, 0.3) is 0 Å². The summed E-state index contributed by atoms with van der Waals surface area (Å²) in [6, 6.07) is 6.33. The Bertz CT molecular complexity index is 678. The van der Waals surface area contributed by atoms with Gasteiger partial charge in [-0.1, -0.05) is 12.1 Å². The Hall–Kier alpha value is -2.22. The molecule has 0 spiro atoms. The predicted octanol–water partition coefficient (Wildman–Crippen LogP) is 1.55. The van der Waals surface area contributed by atoms with Gasteiger partial charge in [-0.3, -0.25) is 14.5 Å². The monoisotopic (exact) mass is 362 g/mol. The van der Waals surface area contributed by atoms with Crippen LogP contribution in [0.2, 0.25) is 0 Å². The van der Waals surface area contributed by atoms with E-state index in [0.29, 0.717) is 17.8 Å². The van der Waals surface area contributed by atoms with Gasteiger partial charge in [0, 0.05) is 6.04 Å². The van der Waals surface area contributed by atoms with Crippen LogP contribution in [0.3, 0.4) is 0 Å². The molecule has 1 aliphatic heterocycles. The molecular formula is C17H22N4O3S. The van der Waals surface area contributed by atoms with Crippen LogP contribution in [0.5, 0.6) is 0 Å². The van der Waals surface area contributed by atoms with E-state index in [1.807, 2.05) is 12.3 Å². The van der Waals surface area contributed by atoms with Crippen molar-refractivity contribution in [2.75, 3.05) is 28.8 Å². The second kappa shape index (κ2) is 7.77. The summed E-state index contributed by atoms with van der Waals surface area (Å²) in [5.41, 5.74) is 1.22. The molecule has 2 aliphatic rings. The fraction of sp³-hybridized carbons (Fsp3) is 0.471. The smallest absolute Gasteiger partial charge is 0.323 e. The first-order valence-electron chi connectivity index (χ1n) is 8.34. The van der Waals surface area contributed by atoms with E-state index in [0.717, 1.165) is 18.6 Å². The fourth-order valence-corrected chi connectivity index (χ4v) is 3.15.